The molecule has 1 saturated carbocycles. The Morgan fingerprint density at radius 2 is 1.34 bits per heavy atom. The SMILES string of the molecule is CCC(C)(NC(=O)C(F)(F)F)C(=O)N(C)[C@H](C(=O)N[C@@H](CC(=O)OC(c1ccccc1)(c1ccc(C2CCCCCCCCC2)cc1)c1ccccc1Cl)C(=O)N1CCCC1)C(C)C. The number of ether oxygens (including phenoxy) is 1. The number of halogens is 4. The Morgan fingerprint density at radius 1 is 0.797 bits per heavy atom. The maximum atomic E-state index is 14.8. The van der Waals surface area contributed by atoms with Crippen LogP contribution in [-0.2, 0) is 34.3 Å². The van der Waals surface area contributed by atoms with Crippen molar-refractivity contribution in [1.29, 1.82) is 0 Å². The van der Waals surface area contributed by atoms with Crippen LogP contribution in [0.15, 0.2) is 78.9 Å². The van der Waals surface area contributed by atoms with Gasteiger partial charge in [0.15, 0.2) is 5.60 Å². The van der Waals surface area contributed by atoms with Crippen LogP contribution in [0.3, 0.4) is 0 Å². The van der Waals surface area contributed by atoms with Gasteiger partial charge >= 0.3 is 18.1 Å². The highest BCUT2D eigenvalue weighted by Crippen LogP contribution is 2.44. The normalized spacial score (nSPS) is 18.2. The maximum Gasteiger partial charge on any atom is 0.471 e. The first-order valence-corrected chi connectivity index (χ1v) is 23.2. The molecule has 4 amide bonds. The van der Waals surface area contributed by atoms with Crippen LogP contribution in [0.1, 0.15) is 139 Å². The van der Waals surface area contributed by atoms with Crippen LogP contribution in [0.25, 0.3) is 0 Å². The lowest BCUT2D eigenvalue weighted by molar-refractivity contribution is -0.177. The molecule has 1 heterocycles. The van der Waals surface area contributed by atoms with E-state index < -0.39 is 71.3 Å². The Kier molecular flexibility index (Phi) is 17.5. The van der Waals surface area contributed by atoms with E-state index in [4.69, 9.17) is 16.3 Å². The highest BCUT2D eigenvalue weighted by atomic mass is 35.5. The molecule has 348 valence electrons. The Labute approximate surface area is 381 Å². The predicted octanol–water partition coefficient (Wildman–Crippen LogP) is 9.61. The highest BCUT2D eigenvalue weighted by molar-refractivity contribution is 6.31. The average Bonchev–Trinajstić information content (AvgIpc) is 3.82. The average molecular weight is 910 g/mol. The van der Waals surface area contributed by atoms with Gasteiger partial charge in [0.05, 0.1) is 6.42 Å². The number of nitrogens with zero attached hydrogens (tertiary/aromatic N) is 2. The zero-order valence-electron chi connectivity index (χ0n) is 37.8. The third-order valence-electron chi connectivity index (χ3n) is 13.0. The monoisotopic (exact) mass is 908 g/mol. The fraction of sp³-hybridized carbons (Fsp3) is 0.540. The summed E-state index contributed by atoms with van der Waals surface area (Å²) >= 11 is 7.01. The minimum atomic E-state index is -5.25. The Balaban J connectivity index is 1.51. The van der Waals surface area contributed by atoms with Crippen molar-refractivity contribution in [2.24, 2.45) is 5.92 Å². The molecule has 10 nitrogen and oxygen atoms in total. The van der Waals surface area contributed by atoms with Crippen molar-refractivity contribution in [2.45, 2.75) is 146 Å². The van der Waals surface area contributed by atoms with Crippen molar-refractivity contribution in [3.05, 3.63) is 106 Å². The van der Waals surface area contributed by atoms with E-state index in [-0.39, 0.29) is 6.42 Å². The van der Waals surface area contributed by atoms with Gasteiger partial charge in [-0.15, -0.1) is 0 Å². The molecule has 1 saturated heterocycles. The molecule has 0 aromatic heterocycles. The lowest BCUT2D eigenvalue weighted by Gasteiger charge is -2.38. The van der Waals surface area contributed by atoms with Crippen LogP contribution in [0.5, 0.6) is 0 Å². The summed E-state index contributed by atoms with van der Waals surface area (Å²) in [5.74, 6) is -5.62. The van der Waals surface area contributed by atoms with Crippen LogP contribution in [-0.4, -0.2) is 83.3 Å². The quantitative estimate of drug-likeness (QED) is 0.116. The molecule has 14 heteroatoms. The number of nitrogens with one attached hydrogen (secondary N) is 2. The van der Waals surface area contributed by atoms with E-state index in [0.29, 0.717) is 40.7 Å². The van der Waals surface area contributed by atoms with Gasteiger partial charge in [0.2, 0.25) is 17.7 Å². The topological polar surface area (TPSA) is 125 Å². The molecule has 0 radical (unpaired) electrons. The second-order valence-corrected chi connectivity index (χ2v) is 18.3. The van der Waals surface area contributed by atoms with Crippen LogP contribution < -0.4 is 10.6 Å². The number of alkyl halides is 3. The molecule has 64 heavy (non-hydrogen) atoms. The molecule has 4 atom stereocenters. The van der Waals surface area contributed by atoms with E-state index in [0.717, 1.165) is 50.3 Å². The van der Waals surface area contributed by atoms with Crippen LogP contribution in [0.4, 0.5) is 13.2 Å². The van der Waals surface area contributed by atoms with E-state index >= 15 is 0 Å². The molecule has 0 spiro atoms. The summed E-state index contributed by atoms with van der Waals surface area (Å²) in [7, 11) is 1.26. The third kappa shape index (κ3) is 12.0. The second-order valence-electron chi connectivity index (χ2n) is 17.9. The number of hydrogen-bond donors (Lipinski definition) is 2. The van der Waals surface area contributed by atoms with E-state index in [2.05, 4.69) is 17.4 Å². The number of likely N-dealkylation sites (N-methyl/N-ethyl adjacent to an activating group) is 1. The summed E-state index contributed by atoms with van der Waals surface area (Å²) in [6.07, 6.45) is 6.12. The minimum absolute atomic E-state index is 0.218. The van der Waals surface area contributed by atoms with Gasteiger partial charge in [0.25, 0.3) is 0 Å². The first-order chi connectivity index (χ1) is 30.4. The summed E-state index contributed by atoms with van der Waals surface area (Å²) in [5.41, 5.74) is -0.686. The van der Waals surface area contributed by atoms with Gasteiger partial charge in [0.1, 0.15) is 17.6 Å². The van der Waals surface area contributed by atoms with Crippen LogP contribution in [0.2, 0.25) is 5.02 Å². The number of benzene rings is 3. The molecule has 2 unspecified atom stereocenters. The number of carbonyl (C=O) groups excluding carboxylic acids is 5. The molecule has 3 aromatic carbocycles. The van der Waals surface area contributed by atoms with Crippen LogP contribution >= 0.6 is 11.6 Å². The standard InChI is InChI=1S/C50H64ClF3N4O6/c1-6-48(4,56-46(62)50(52,53)54)47(63)57(5)43(34(2)3)44(60)55-41(45(61)58-31-19-20-32-58)33-42(59)64-49(37-23-15-12-16-24-37,39-25-17-18-26-40(39)51)38-29-27-36(28-30-38)35-21-13-10-8-7-9-11-14-22-35/h12,15-18,23-30,34-35,41,43H,6-11,13-14,19-22,31-33H2,1-5H3,(H,55,60)(H,56,62)/t41-,43-,48?,49?/m0/s1. The Morgan fingerprint density at radius 3 is 1.89 bits per heavy atom. The lowest BCUT2D eigenvalue weighted by atomic mass is 9.78. The number of carbonyl (C=O) groups is 5. The van der Waals surface area contributed by atoms with Crippen molar-refractivity contribution in [3.8, 4) is 0 Å². The fourth-order valence-electron chi connectivity index (χ4n) is 9.25. The minimum Gasteiger partial charge on any atom is -0.444 e. The molecular formula is C50H64ClF3N4O6. The largest absolute Gasteiger partial charge is 0.471 e. The van der Waals surface area contributed by atoms with Gasteiger partial charge < -0.3 is 25.2 Å². The fourth-order valence-corrected chi connectivity index (χ4v) is 9.52. The molecule has 1 aliphatic heterocycles. The van der Waals surface area contributed by atoms with E-state index in [1.165, 1.54) is 51.6 Å². The summed E-state index contributed by atoms with van der Waals surface area (Å²) in [6.45, 7) is 6.69. The smallest absolute Gasteiger partial charge is 0.444 e. The molecule has 0 bridgehead atoms. The summed E-state index contributed by atoms with van der Waals surface area (Å²) in [4.78, 5) is 71.8. The Hall–Kier alpha value is -4.91. The molecule has 5 rings (SSSR count). The van der Waals surface area contributed by atoms with Gasteiger partial charge in [-0.3, -0.25) is 24.0 Å². The highest BCUT2D eigenvalue weighted by Gasteiger charge is 2.48. The summed E-state index contributed by atoms with van der Waals surface area (Å²) < 4.78 is 46.7. The van der Waals surface area contributed by atoms with Gasteiger partial charge in [0, 0.05) is 41.9 Å². The second kappa shape index (κ2) is 22.3. The van der Waals surface area contributed by atoms with E-state index in [1.807, 2.05) is 48.5 Å². The number of amides is 4. The summed E-state index contributed by atoms with van der Waals surface area (Å²) in [5, 5.41) is 4.87. The molecule has 2 N–H and O–H groups in total. The van der Waals surface area contributed by atoms with Crippen molar-refractivity contribution in [2.75, 3.05) is 20.1 Å². The number of esters is 1. The lowest BCUT2D eigenvalue weighted by Crippen LogP contribution is -2.63. The van der Waals surface area contributed by atoms with E-state index in [1.54, 1.807) is 42.3 Å². The van der Waals surface area contributed by atoms with Gasteiger partial charge in [-0.25, -0.2) is 0 Å². The van der Waals surface area contributed by atoms with Gasteiger partial charge in [-0.2, -0.15) is 13.2 Å². The third-order valence-corrected chi connectivity index (χ3v) is 13.3. The Bertz CT molecular complexity index is 2050. The zero-order chi connectivity index (χ0) is 46.7. The first kappa shape index (κ1) is 50.1. The molecule has 3 aromatic rings. The zero-order valence-corrected chi connectivity index (χ0v) is 38.5. The molecule has 2 fully saturated rings. The van der Waals surface area contributed by atoms with Crippen molar-refractivity contribution in [3.63, 3.8) is 0 Å². The maximum absolute atomic E-state index is 14.8. The molecule has 1 aliphatic carbocycles. The van der Waals surface area contributed by atoms with Gasteiger partial charge in [-0.1, -0.05) is 150 Å². The number of rotatable bonds is 15. The van der Waals surface area contributed by atoms with Crippen molar-refractivity contribution >= 4 is 41.2 Å². The predicted molar refractivity (Wildman–Crippen MR) is 241 cm³/mol. The number of hydrogen-bond acceptors (Lipinski definition) is 6. The van der Waals surface area contributed by atoms with Crippen LogP contribution in [0, 0.1) is 5.92 Å². The molecular weight excluding hydrogens is 845 g/mol. The van der Waals surface area contributed by atoms with Crippen molar-refractivity contribution in [1.82, 2.24) is 20.4 Å². The molecule has 2 aliphatic rings. The first-order valence-electron chi connectivity index (χ1n) is 22.8. The number of likely N-dealkylation sites (tertiary alicyclic amines) is 1. The van der Waals surface area contributed by atoms with Crippen molar-refractivity contribution < 1.29 is 41.9 Å². The van der Waals surface area contributed by atoms with E-state index in [9.17, 15) is 37.1 Å². The summed E-state index contributed by atoms with van der Waals surface area (Å²) in [6, 6.07) is 21.8. The van der Waals surface area contributed by atoms with Gasteiger partial charge in [-0.05, 0) is 62.5 Å².